The third-order valence-corrected chi connectivity index (χ3v) is 5.67. The molecule has 2 aromatic rings. The van der Waals surface area contributed by atoms with Gasteiger partial charge >= 0.3 is 0 Å². The van der Waals surface area contributed by atoms with Gasteiger partial charge in [0.05, 0.1) is 17.6 Å². The number of hydrogen-bond acceptors (Lipinski definition) is 4. The molecule has 1 aliphatic rings. The molecule has 1 aliphatic heterocycles. The third-order valence-electron chi connectivity index (χ3n) is 5.02. The van der Waals surface area contributed by atoms with E-state index in [4.69, 9.17) is 4.74 Å². The van der Waals surface area contributed by atoms with Crippen molar-refractivity contribution in [1.82, 2.24) is 10.2 Å². The molecule has 1 saturated heterocycles. The van der Waals surface area contributed by atoms with Crippen LogP contribution in [0.15, 0.2) is 59.1 Å². The minimum absolute atomic E-state index is 0.00580. The highest BCUT2D eigenvalue weighted by Gasteiger charge is 2.22. The SMILES string of the molecule is O=C(CN1CCC(NC(=O)CCCOc2ccccc2Br)CC1)Nc1ccccc1. The Morgan fingerprint density at radius 2 is 1.70 bits per heavy atom. The van der Waals surface area contributed by atoms with Crippen molar-refractivity contribution < 1.29 is 14.3 Å². The number of amides is 2. The fourth-order valence-electron chi connectivity index (χ4n) is 3.44. The quantitative estimate of drug-likeness (QED) is 0.542. The van der Waals surface area contributed by atoms with Crippen LogP contribution in [0.1, 0.15) is 25.7 Å². The lowest BCUT2D eigenvalue weighted by atomic mass is 10.0. The summed E-state index contributed by atoms with van der Waals surface area (Å²) in [5, 5.41) is 6.02. The normalized spacial score (nSPS) is 14.8. The molecule has 30 heavy (non-hydrogen) atoms. The van der Waals surface area contributed by atoms with Gasteiger partial charge in [0, 0.05) is 31.2 Å². The zero-order valence-electron chi connectivity index (χ0n) is 17.0. The van der Waals surface area contributed by atoms with E-state index < -0.39 is 0 Å². The maximum absolute atomic E-state index is 12.2. The van der Waals surface area contributed by atoms with E-state index in [-0.39, 0.29) is 17.9 Å². The lowest BCUT2D eigenvalue weighted by Crippen LogP contribution is -2.46. The Morgan fingerprint density at radius 1 is 1.00 bits per heavy atom. The van der Waals surface area contributed by atoms with E-state index in [1.165, 1.54) is 0 Å². The fourth-order valence-corrected chi connectivity index (χ4v) is 3.84. The summed E-state index contributed by atoms with van der Waals surface area (Å²) in [4.78, 5) is 26.5. The van der Waals surface area contributed by atoms with Crippen molar-refractivity contribution in [2.24, 2.45) is 0 Å². The van der Waals surface area contributed by atoms with Gasteiger partial charge in [0.25, 0.3) is 0 Å². The van der Waals surface area contributed by atoms with Crippen molar-refractivity contribution in [2.45, 2.75) is 31.7 Å². The molecule has 0 bridgehead atoms. The Kier molecular flexibility index (Phi) is 8.71. The molecular formula is C23H28BrN3O3. The second-order valence-electron chi connectivity index (χ2n) is 7.41. The summed E-state index contributed by atoms with van der Waals surface area (Å²) in [5.74, 6) is 0.848. The van der Waals surface area contributed by atoms with Crippen molar-refractivity contribution in [3.05, 3.63) is 59.1 Å². The lowest BCUT2D eigenvalue weighted by Gasteiger charge is -2.31. The summed E-state index contributed by atoms with van der Waals surface area (Å²) in [5.41, 5.74) is 0.813. The predicted molar refractivity (Wildman–Crippen MR) is 122 cm³/mol. The standard InChI is InChI=1S/C23H28BrN3O3/c24-20-9-4-5-10-21(20)30-16-6-11-22(28)25-19-12-14-27(15-13-19)17-23(29)26-18-7-2-1-3-8-18/h1-5,7-10,19H,6,11-17H2,(H,25,28)(H,26,29). The van der Waals surface area contributed by atoms with Crippen LogP contribution < -0.4 is 15.4 Å². The first-order valence-electron chi connectivity index (χ1n) is 10.3. The van der Waals surface area contributed by atoms with E-state index in [9.17, 15) is 9.59 Å². The Hall–Kier alpha value is -2.38. The van der Waals surface area contributed by atoms with Crippen LogP contribution in [0.3, 0.4) is 0 Å². The minimum atomic E-state index is -0.00580. The largest absolute Gasteiger partial charge is 0.492 e. The summed E-state index contributed by atoms with van der Waals surface area (Å²) in [6.07, 6.45) is 2.84. The molecule has 3 rings (SSSR count). The van der Waals surface area contributed by atoms with Gasteiger partial charge in [-0.05, 0) is 59.5 Å². The van der Waals surface area contributed by atoms with Crippen LogP contribution in [0, 0.1) is 0 Å². The van der Waals surface area contributed by atoms with Gasteiger partial charge in [0.2, 0.25) is 11.8 Å². The van der Waals surface area contributed by atoms with Crippen molar-refractivity contribution in [3.8, 4) is 5.75 Å². The Bertz CT molecular complexity index is 823. The molecule has 0 aromatic heterocycles. The second-order valence-corrected chi connectivity index (χ2v) is 8.27. The molecule has 160 valence electrons. The Balaban J connectivity index is 1.28. The minimum Gasteiger partial charge on any atom is -0.492 e. The van der Waals surface area contributed by atoms with Gasteiger partial charge < -0.3 is 15.4 Å². The van der Waals surface area contributed by atoms with Gasteiger partial charge in [-0.25, -0.2) is 0 Å². The van der Waals surface area contributed by atoms with E-state index in [0.29, 0.717) is 26.0 Å². The monoisotopic (exact) mass is 473 g/mol. The van der Waals surface area contributed by atoms with E-state index >= 15 is 0 Å². The summed E-state index contributed by atoms with van der Waals surface area (Å²) < 4.78 is 6.61. The van der Waals surface area contributed by atoms with Crippen molar-refractivity contribution >= 4 is 33.4 Å². The first-order valence-corrected chi connectivity index (χ1v) is 11.1. The summed E-state index contributed by atoms with van der Waals surface area (Å²) >= 11 is 3.45. The molecule has 0 atom stereocenters. The number of likely N-dealkylation sites (tertiary alicyclic amines) is 1. The maximum Gasteiger partial charge on any atom is 0.238 e. The van der Waals surface area contributed by atoms with Gasteiger partial charge in [0.1, 0.15) is 5.75 Å². The van der Waals surface area contributed by atoms with Crippen molar-refractivity contribution in [1.29, 1.82) is 0 Å². The van der Waals surface area contributed by atoms with E-state index in [1.54, 1.807) is 0 Å². The Labute approximate surface area is 186 Å². The smallest absolute Gasteiger partial charge is 0.238 e. The second kappa shape index (κ2) is 11.7. The number of carbonyl (C=O) groups is 2. The first-order chi connectivity index (χ1) is 14.6. The van der Waals surface area contributed by atoms with Gasteiger partial charge in [0.15, 0.2) is 0 Å². The highest BCUT2D eigenvalue weighted by atomic mass is 79.9. The highest BCUT2D eigenvalue weighted by Crippen LogP contribution is 2.23. The number of nitrogens with zero attached hydrogens (tertiary/aromatic N) is 1. The summed E-state index contributed by atoms with van der Waals surface area (Å²) in [6, 6.07) is 17.3. The molecule has 1 heterocycles. The molecule has 2 N–H and O–H groups in total. The topological polar surface area (TPSA) is 70.7 Å². The molecule has 0 spiro atoms. The molecule has 0 saturated carbocycles. The number of halogens is 1. The number of ether oxygens (including phenoxy) is 1. The molecule has 7 heteroatoms. The number of rotatable bonds is 9. The first kappa shape index (κ1) is 22.3. The number of benzene rings is 2. The molecule has 0 unspecified atom stereocenters. The van der Waals surface area contributed by atoms with Gasteiger partial charge in [-0.3, -0.25) is 14.5 Å². The zero-order valence-corrected chi connectivity index (χ0v) is 18.6. The Morgan fingerprint density at radius 3 is 2.43 bits per heavy atom. The van der Waals surface area contributed by atoms with Crippen LogP contribution in [-0.4, -0.2) is 49.0 Å². The van der Waals surface area contributed by atoms with Gasteiger partial charge in [-0.2, -0.15) is 0 Å². The predicted octanol–water partition coefficient (Wildman–Crippen LogP) is 3.83. The highest BCUT2D eigenvalue weighted by molar-refractivity contribution is 9.10. The van der Waals surface area contributed by atoms with Crippen molar-refractivity contribution in [3.63, 3.8) is 0 Å². The number of nitrogens with one attached hydrogen (secondary N) is 2. The number of piperidine rings is 1. The molecule has 2 amide bonds. The molecule has 1 fully saturated rings. The molecule has 6 nitrogen and oxygen atoms in total. The molecular weight excluding hydrogens is 446 g/mol. The molecule has 0 aliphatic carbocycles. The van der Waals surface area contributed by atoms with Crippen LogP contribution in [0.25, 0.3) is 0 Å². The van der Waals surface area contributed by atoms with E-state index in [0.717, 1.165) is 41.8 Å². The third kappa shape index (κ3) is 7.46. The lowest BCUT2D eigenvalue weighted by molar-refractivity contribution is -0.123. The van der Waals surface area contributed by atoms with Crippen LogP contribution in [0.2, 0.25) is 0 Å². The maximum atomic E-state index is 12.2. The van der Waals surface area contributed by atoms with Crippen LogP contribution in [0.4, 0.5) is 5.69 Å². The number of anilines is 1. The molecule has 2 aromatic carbocycles. The summed E-state index contributed by atoms with van der Waals surface area (Å²) in [6.45, 7) is 2.49. The summed E-state index contributed by atoms with van der Waals surface area (Å²) in [7, 11) is 0. The van der Waals surface area contributed by atoms with Crippen LogP contribution in [-0.2, 0) is 9.59 Å². The van der Waals surface area contributed by atoms with E-state index in [2.05, 4.69) is 31.5 Å². The average Bonchev–Trinajstić information content (AvgIpc) is 2.74. The number of carbonyl (C=O) groups excluding carboxylic acids is 2. The van der Waals surface area contributed by atoms with Crippen LogP contribution >= 0.6 is 15.9 Å². The van der Waals surface area contributed by atoms with Crippen LogP contribution in [0.5, 0.6) is 5.75 Å². The van der Waals surface area contributed by atoms with Gasteiger partial charge in [-0.15, -0.1) is 0 Å². The van der Waals surface area contributed by atoms with E-state index in [1.807, 2.05) is 54.6 Å². The van der Waals surface area contributed by atoms with Crippen molar-refractivity contribution in [2.75, 3.05) is 31.6 Å². The average molecular weight is 474 g/mol. The zero-order chi connectivity index (χ0) is 21.2. The fraction of sp³-hybridized carbons (Fsp3) is 0.391. The number of hydrogen-bond donors (Lipinski definition) is 2. The van der Waals surface area contributed by atoms with Gasteiger partial charge in [-0.1, -0.05) is 30.3 Å². The number of para-hydroxylation sites is 2. The molecule has 0 radical (unpaired) electrons.